The van der Waals surface area contributed by atoms with Crippen molar-refractivity contribution in [3.63, 3.8) is 0 Å². The molecule has 0 bridgehead atoms. The molecule has 0 unspecified atom stereocenters. The zero-order chi connectivity index (χ0) is 22.2. The van der Waals surface area contributed by atoms with Crippen LogP contribution in [0.3, 0.4) is 0 Å². The lowest BCUT2D eigenvalue weighted by atomic mass is 9.98. The van der Waals surface area contributed by atoms with Gasteiger partial charge in [-0.15, -0.1) is 0 Å². The van der Waals surface area contributed by atoms with E-state index in [1.807, 2.05) is 50.3 Å². The van der Waals surface area contributed by atoms with Crippen molar-refractivity contribution in [3.05, 3.63) is 115 Å². The van der Waals surface area contributed by atoms with Crippen LogP contribution in [0.2, 0.25) is 0 Å². The van der Waals surface area contributed by atoms with Crippen LogP contribution in [-0.4, -0.2) is 9.97 Å². The quantitative estimate of drug-likeness (QED) is 0.233. The summed E-state index contributed by atoms with van der Waals surface area (Å²) in [6, 6.07) is 18.7. The first-order valence-electron chi connectivity index (χ1n) is 10.1. The molecule has 1 aromatic heterocycles. The van der Waals surface area contributed by atoms with E-state index >= 15 is 0 Å². The summed E-state index contributed by atoms with van der Waals surface area (Å²) in [7, 11) is 0. The van der Waals surface area contributed by atoms with Crippen LogP contribution in [0.25, 0.3) is 37.7 Å². The van der Waals surface area contributed by atoms with Crippen molar-refractivity contribution in [2.75, 3.05) is 0 Å². The van der Waals surface area contributed by atoms with Crippen molar-refractivity contribution in [2.24, 2.45) is 0 Å². The molecule has 3 heteroatoms. The van der Waals surface area contributed by atoms with Gasteiger partial charge in [0.1, 0.15) is 0 Å². The number of nitrogens with zero attached hydrogens (tertiary/aromatic N) is 2. The molecular weight excluding hydrogens is 491 g/mol. The van der Waals surface area contributed by atoms with E-state index in [0.29, 0.717) is 5.82 Å². The van der Waals surface area contributed by atoms with Crippen LogP contribution in [0.15, 0.2) is 98.1 Å². The molecular formula is C28H25IN2. The first-order valence-corrected chi connectivity index (χ1v) is 11.2. The maximum atomic E-state index is 5.00. The highest BCUT2D eigenvalue weighted by Crippen LogP contribution is 2.38. The molecule has 0 aliphatic rings. The van der Waals surface area contributed by atoms with Gasteiger partial charge in [-0.3, -0.25) is 0 Å². The van der Waals surface area contributed by atoms with E-state index in [2.05, 4.69) is 78.2 Å². The van der Waals surface area contributed by atoms with Crippen molar-refractivity contribution in [1.29, 1.82) is 0 Å². The predicted molar refractivity (Wildman–Crippen MR) is 144 cm³/mol. The van der Waals surface area contributed by atoms with Gasteiger partial charge in [-0.05, 0) is 42.0 Å². The van der Waals surface area contributed by atoms with Gasteiger partial charge in [0.25, 0.3) is 0 Å². The van der Waals surface area contributed by atoms with E-state index in [-0.39, 0.29) is 0 Å². The monoisotopic (exact) mass is 516 g/mol. The van der Waals surface area contributed by atoms with Crippen molar-refractivity contribution in [3.8, 4) is 22.5 Å². The molecule has 0 amide bonds. The normalized spacial score (nSPS) is 12.2. The van der Waals surface area contributed by atoms with E-state index in [4.69, 9.17) is 9.97 Å². The fourth-order valence-electron chi connectivity index (χ4n) is 3.24. The highest BCUT2D eigenvalue weighted by atomic mass is 127. The van der Waals surface area contributed by atoms with Crippen molar-refractivity contribution >= 4 is 37.8 Å². The highest BCUT2D eigenvalue weighted by Gasteiger charge is 2.20. The standard InChI is InChI=1S/C28H25IN2/c1-5-9-13-20-16-18-23(19-17-20)27-25(24(29)8-4)26(22-14-11-10-12-15-22)30-28(31-27)21(6-2)7-3/h5-19H,1-2H2,3-4H3/b13-9+,21-7+,24-8-. The van der Waals surface area contributed by atoms with Gasteiger partial charge in [-0.2, -0.15) is 0 Å². The molecule has 3 aromatic rings. The lowest BCUT2D eigenvalue weighted by Gasteiger charge is -2.16. The van der Waals surface area contributed by atoms with Crippen molar-refractivity contribution in [1.82, 2.24) is 9.97 Å². The second-order valence-electron chi connectivity index (χ2n) is 6.79. The molecule has 2 nitrogen and oxygen atoms in total. The smallest absolute Gasteiger partial charge is 0.160 e. The second kappa shape index (κ2) is 10.8. The number of hydrogen-bond donors (Lipinski definition) is 0. The molecule has 0 saturated heterocycles. The van der Waals surface area contributed by atoms with Crippen LogP contribution < -0.4 is 0 Å². The Morgan fingerprint density at radius 3 is 1.97 bits per heavy atom. The Hall–Kier alpha value is -3.05. The maximum Gasteiger partial charge on any atom is 0.160 e. The Labute approximate surface area is 198 Å². The molecule has 2 aromatic carbocycles. The van der Waals surface area contributed by atoms with Crippen LogP contribution in [0.1, 0.15) is 30.8 Å². The summed E-state index contributed by atoms with van der Waals surface area (Å²) in [4.78, 5) is 9.98. The van der Waals surface area contributed by atoms with Gasteiger partial charge in [0.05, 0.1) is 11.4 Å². The topological polar surface area (TPSA) is 25.8 Å². The Morgan fingerprint density at radius 1 is 0.839 bits per heavy atom. The van der Waals surface area contributed by atoms with E-state index in [9.17, 15) is 0 Å². The lowest BCUT2D eigenvalue weighted by molar-refractivity contribution is 1.12. The van der Waals surface area contributed by atoms with E-state index in [1.165, 1.54) is 0 Å². The molecule has 3 rings (SSSR count). The zero-order valence-electron chi connectivity index (χ0n) is 17.8. The van der Waals surface area contributed by atoms with Gasteiger partial charge in [0, 0.05) is 25.8 Å². The average Bonchev–Trinajstić information content (AvgIpc) is 2.83. The van der Waals surface area contributed by atoms with E-state index in [0.717, 1.165) is 42.8 Å². The van der Waals surface area contributed by atoms with Gasteiger partial charge in [-0.1, -0.05) is 104 Å². The molecule has 0 N–H and O–H groups in total. The molecule has 0 spiro atoms. The molecule has 0 aliphatic carbocycles. The van der Waals surface area contributed by atoms with Crippen LogP contribution >= 0.6 is 22.6 Å². The summed E-state index contributed by atoms with van der Waals surface area (Å²) < 4.78 is 1.11. The minimum Gasteiger partial charge on any atom is -0.227 e. The van der Waals surface area contributed by atoms with Gasteiger partial charge in [-0.25, -0.2) is 9.97 Å². The minimum atomic E-state index is 0.672. The molecule has 0 aliphatic heterocycles. The molecule has 0 saturated carbocycles. The summed E-state index contributed by atoms with van der Waals surface area (Å²) in [5.41, 5.74) is 6.99. The Morgan fingerprint density at radius 2 is 1.45 bits per heavy atom. The maximum absolute atomic E-state index is 5.00. The average molecular weight is 516 g/mol. The van der Waals surface area contributed by atoms with Crippen molar-refractivity contribution < 1.29 is 0 Å². The molecule has 1 heterocycles. The summed E-state index contributed by atoms with van der Waals surface area (Å²) in [5, 5.41) is 0. The van der Waals surface area contributed by atoms with Crippen LogP contribution in [0.5, 0.6) is 0 Å². The third-order valence-corrected chi connectivity index (χ3v) is 6.01. The Balaban J connectivity index is 2.34. The molecule has 0 atom stereocenters. The highest BCUT2D eigenvalue weighted by molar-refractivity contribution is 14.1. The van der Waals surface area contributed by atoms with Crippen LogP contribution in [-0.2, 0) is 0 Å². The summed E-state index contributed by atoms with van der Waals surface area (Å²) in [5.74, 6) is 0.672. The van der Waals surface area contributed by atoms with Gasteiger partial charge < -0.3 is 0 Å². The van der Waals surface area contributed by atoms with E-state index < -0.39 is 0 Å². The third kappa shape index (κ3) is 5.17. The van der Waals surface area contributed by atoms with Gasteiger partial charge >= 0.3 is 0 Å². The first kappa shape index (κ1) is 22.6. The van der Waals surface area contributed by atoms with E-state index in [1.54, 1.807) is 12.2 Å². The molecule has 154 valence electrons. The third-order valence-electron chi connectivity index (χ3n) is 4.85. The number of aromatic nitrogens is 2. The fourth-order valence-corrected chi connectivity index (χ4v) is 3.75. The van der Waals surface area contributed by atoms with Gasteiger partial charge in [0.15, 0.2) is 5.82 Å². The minimum absolute atomic E-state index is 0.672. The number of benzene rings is 2. The molecule has 0 radical (unpaired) electrons. The lowest BCUT2D eigenvalue weighted by Crippen LogP contribution is -2.03. The zero-order valence-corrected chi connectivity index (χ0v) is 20.0. The van der Waals surface area contributed by atoms with Crippen LogP contribution in [0, 0.1) is 0 Å². The van der Waals surface area contributed by atoms with Crippen molar-refractivity contribution in [2.45, 2.75) is 13.8 Å². The number of hydrogen-bond acceptors (Lipinski definition) is 2. The number of rotatable bonds is 7. The fraction of sp³-hybridized carbons (Fsp3) is 0.0714. The first-order chi connectivity index (χ1) is 15.1. The second-order valence-corrected chi connectivity index (χ2v) is 7.95. The van der Waals surface area contributed by atoms with Crippen LogP contribution in [0.4, 0.5) is 0 Å². The number of allylic oxidation sites excluding steroid dienone is 6. The summed E-state index contributed by atoms with van der Waals surface area (Å²) >= 11 is 2.37. The number of halogens is 1. The molecule has 0 fully saturated rings. The summed E-state index contributed by atoms with van der Waals surface area (Å²) in [6.45, 7) is 11.7. The largest absolute Gasteiger partial charge is 0.227 e. The Bertz CT molecular complexity index is 1170. The molecule has 31 heavy (non-hydrogen) atoms. The Kier molecular flexibility index (Phi) is 7.90. The SMILES string of the molecule is C=C/C=C/c1ccc(-c2nc(/C(C=C)=C/C)nc(-c3ccccc3)c2/C(I)=C/C)cc1. The predicted octanol–water partition coefficient (Wildman–Crippen LogP) is 8.39. The van der Waals surface area contributed by atoms with Gasteiger partial charge in [0.2, 0.25) is 0 Å². The summed E-state index contributed by atoms with van der Waals surface area (Å²) in [6.07, 6.45) is 11.6.